The Bertz CT molecular complexity index is 1640. The summed E-state index contributed by atoms with van der Waals surface area (Å²) in [6, 6.07) is 25.6. The quantitative estimate of drug-likeness (QED) is 0.180. The summed E-state index contributed by atoms with van der Waals surface area (Å²) in [5, 5.41) is 1.58. The second-order valence-electron chi connectivity index (χ2n) is 9.76. The van der Waals surface area contributed by atoms with E-state index in [0.29, 0.717) is 16.9 Å². The van der Waals surface area contributed by atoms with Crippen LogP contribution in [0.4, 0.5) is 15.8 Å². The number of methoxy groups -OCH3 is 1. The highest BCUT2D eigenvalue weighted by molar-refractivity contribution is 6.24. The number of rotatable bonds is 6. The lowest BCUT2D eigenvalue weighted by molar-refractivity contribution is -0.126. The number of carbonyl (C=O) groups is 3. The molecule has 4 aromatic rings. The summed E-state index contributed by atoms with van der Waals surface area (Å²) in [4.78, 5) is 47.6. The molecule has 6 rings (SSSR count). The minimum absolute atomic E-state index is 0.141. The molecule has 3 atom stereocenters. The predicted molar refractivity (Wildman–Crippen MR) is 148 cm³/mol. The van der Waals surface area contributed by atoms with Crippen molar-refractivity contribution in [3.8, 4) is 11.5 Å². The normalized spacial score (nSPS) is 19.8. The van der Waals surface area contributed by atoms with E-state index in [2.05, 4.69) is 0 Å². The molecular formula is C32H25FN2O6. The molecule has 0 radical (unpaired) electrons. The lowest BCUT2D eigenvalue weighted by Crippen LogP contribution is -2.37. The smallest absolute Gasteiger partial charge is 0.343 e. The highest BCUT2D eigenvalue weighted by Crippen LogP contribution is 2.49. The maximum Gasteiger partial charge on any atom is 0.343 e. The van der Waals surface area contributed by atoms with Crippen molar-refractivity contribution in [1.82, 2.24) is 0 Å². The molecule has 4 aromatic carbocycles. The number of nitrogens with zero attached hydrogens (tertiary/aromatic N) is 2. The third kappa shape index (κ3) is 4.60. The highest BCUT2D eigenvalue weighted by Gasteiger charge is 2.60. The molecule has 2 aliphatic rings. The Hall–Kier alpha value is -5.02. The Morgan fingerprint density at radius 1 is 0.854 bits per heavy atom. The SMILES string of the molecule is COc1cc([C@@H]2[C@H]3C(=O)N(c4ccccc4C)C(=O)[C@@H]3ON2c2ccccc2)ccc1OC(=O)c1ccc(F)cc1. The van der Waals surface area contributed by atoms with Crippen molar-refractivity contribution in [3.63, 3.8) is 0 Å². The van der Waals surface area contributed by atoms with Crippen LogP contribution in [0.3, 0.4) is 0 Å². The molecule has 9 heteroatoms. The van der Waals surface area contributed by atoms with Gasteiger partial charge >= 0.3 is 5.97 Å². The van der Waals surface area contributed by atoms with Gasteiger partial charge in [0.15, 0.2) is 17.6 Å². The summed E-state index contributed by atoms with van der Waals surface area (Å²) in [7, 11) is 1.43. The lowest BCUT2D eigenvalue weighted by Gasteiger charge is -2.29. The van der Waals surface area contributed by atoms with Crippen molar-refractivity contribution >= 4 is 29.2 Å². The number of halogens is 1. The van der Waals surface area contributed by atoms with Crippen molar-refractivity contribution in [2.45, 2.75) is 19.1 Å². The van der Waals surface area contributed by atoms with Crippen LogP contribution < -0.4 is 19.4 Å². The summed E-state index contributed by atoms with van der Waals surface area (Å²) >= 11 is 0. The van der Waals surface area contributed by atoms with Crippen molar-refractivity contribution in [2.75, 3.05) is 17.1 Å². The number of hydrogen-bond donors (Lipinski definition) is 0. The third-order valence-corrected chi connectivity index (χ3v) is 7.29. The van der Waals surface area contributed by atoms with E-state index in [0.717, 1.165) is 5.56 Å². The van der Waals surface area contributed by atoms with Gasteiger partial charge in [-0.25, -0.2) is 19.1 Å². The van der Waals surface area contributed by atoms with Crippen LogP contribution in [-0.4, -0.2) is 31.0 Å². The lowest BCUT2D eigenvalue weighted by atomic mass is 9.90. The number of ether oxygens (including phenoxy) is 2. The van der Waals surface area contributed by atoms with Gasteiger partial charge in [0.2, 0.25) is 5.91 Å². The minimum atomic E-state index is -1.03. The molecule has 2 saturated heterocycles. The van der Waals surface area contributed by atoms with E-state index in [1.807, 2.05) is 49.4 Å². The first-order valence-electron chi connectivity index (χ1n) is 13.0. The number of hydrogen-bond acceptors (Lipinski definition) is 7. The molecule has 0 bridgehead atoms. The molecule has 2 aliphatic heterocycles. The number of para-hydroxylation sites is 2. The Balaban J connectivity index is 1.38. The number of anilines is 2. The van der Waals surface area contributed by atoms with Gasteiger partial charge in [0.05, 0.1) is 30.1 Å². The second kappa shape index (κ2) is 10.5. The van der Waals surface area contributed by atoms with Crippen LogP contribution in [0.15, 0.2) is 97.1 Å². The van der Waals surface area contributed by atoms with Crippen molar-refractivity contribution in [1.29, 1.82) is 0 Å². The van der Waals surface area contributed by atoms with Crippen LogP contribution >= 0.6 is 0 Å². The number of amides is 2. The fourth-order valence-corrected chi connectivity index (χ4v) is 5.30. The van der Waals surface area contributed by atoms with Gasteiger partial charge in [-0.15, -0.1) is 0 Å². The van der Waals surface area contributed by atoms with Gasteiger partial charge in [-0.05, 0) is 72.6 Å². The van der Waals surface area contributed by atoms with Gasteiger partial charge in [-0.3, -0.25) is 14.4 Å². The molecule has 2 amide bonds. The number of hydroxylamine groups is 1. The van der Waals surface area contributed by atoms with Crippen LogP contribution in [0, 0.1) is 18.7 Å². The Kier molecular flexibility index (Phi) is 6.72. The van der Waals surface area contributed by atoms with Gasteiger partial charge in [0, 0.05) is 0 Å². The van der Waals surface area contributed by atoms with Crippen LogP contribution in [0.2, 0.25) is 0 Å². The van der Waals surface area contributed by atoms with Crippen LogP contribution in [0.1, 0.15) is 27.5 Å². The van der Waals surface area contributed by atoms with Gasteiger partial charge in [0.1, 0.15) is 11.7 Å². The maximum absolute atomic E-state index is 13.9. The summed E-state index contributed by atoms with van der Waals surface area (Å²) in [5.74, 6) is -2.43. The fraction of sp³-hybridized carbons (Fsp3) is 0.156. The molecule has 0 unspecified atom stereocenters. The van der Waals surface area contributed by atoms with Gasteiger partial charge < -0.3 is 9.47 Å². The van der Waals surface area contributed by atoms with Crippen LogP contribution in [0.25, 0.3) is 0 Å². The topological polar surface area (TPSA) is 85.4 Å². The van der Waals surface area contributed by atoms with Crippen molar-refractivity contribution in [2.24, 2.45) is 5.92 Å². The molecule has 0 N–H and O–H groups in total. The number of esters is 1. The Labute approximate surface area is 235 Å². The van der Waals surface area contributed by atoms with Crippen LogP contribution in [-0.2, 0) is 14.4 Å². The zero-order valence-electron chi connectivity index (χ0n) is 22.2. The summed E-state index contributed by atoms with van der Waals surface area (Å²) in [6.07, 6.45) is -1.03. The molecular weight excluding hydrogens is 527 g/mol. The summed E-state index contributed by atoms with van der Waals surface area (Å²) < 4.78 is 24.4. The zero-order valence-corrected chi connectivity index (χ0v) is 22.2. The van der Waals surface area contributed by atoms with E-state index in [1.165, 1.54) is 36.3 Å². The first-order chi connectivity index (χ1) is 19.9. The monoisotopic (exact) mass is 552 g/mol. The first-order valence-corrected chi connectivity index (χ1v) is 13.0. The number of imide groups is 1. The summed E-state index contributed by atoms with van der Waals surface area (Å²) in [5.41, 5.74) is 2.77. The number of fused-ring (bicyclic) bond motifs is 1. The van der Waals surface area contributed by atoms with Gasteiger partial charge in [-0.2, -0.15) is 0 Å². The van der Waals surface area contributed by atoms with E-state index >= 15 is 0 Å². The van der Waals surface area contributed by atoms with E-state index in [4.69, 9.17) is 14.3 Å². The number of benzene rings is 4. The number of carbonyl (C=O) groups excluding carboxylic acids is 3. The molecule has 2 heterocycles. The van der Waals surface area contributed by atoms with E-state index in [-0.39, 0.29) is 23.0 Å². The summed E-state index contributed by atoms with van der Waals surface area (Å²) in [6.45, 7) is 1.84. The molecule has 8 nitrogen and oxygen atoms in total. The first kappa shape index (κ1) is 26.2. The van der Waals surface area contributed by atoms with Gasteiger partial charge in [0.25, 0.3) is 5.91 Å². The molecule has 0 saturated carbocycles. The van der Waals surface area contributed by atoms with Gasteiger partial charge in [-0.1, -0.05) is 42.5 Å². The molecule has 2 fully saturated rings. The number of aryl methyl sites for hydroxylation is 1. The average molecular weight is 553 g/mol. The van der Waals surface area contributed by atoms with E-state index < -0.39 is 35.8 Å². The highest BCUT2D eigenvalue weighted by atomic mass is 19.1. The van der Waals surface area contributed by atoms with Crippen molar-refractivity contribution < 1.29 is 33.1 Å². The molecule has 0 spiro atoms. The maximum atomic E-state index is 13.9. The zero-order chi connectivity index (χ0) is 28.7. The van der Waals surface area contributed by atoms with Crippen LogP contribution in [0.5, 0.6) is 11.5 Å². The van der Waals surface area contributed by atoms with E-state index in [1.54, 1.807) is 35.4 Å². The largest absolute Gasteiger partial charge is 0.493 e. The minimum Gasteiger partial charge on any atom is -0.493 e. The predicted octanol–water partition coefficient (Wildman–Crippen LogP) is 5.41. The molecule has 0 aromatic heterocycles. The second-order valence-corrected chi connectivity index (χ2v) is 9.76. The van der Waals surface area contributed by atoms with E-state index in [9.17, 15) is 18.8 Å². The standard InChI is InChI=1S/C32H25FN2O6/c1-19-8-6-7-11-24(19)34-30(36)27-28(35(41-29(27)31(34)37)23-9-4-3-5-10-23)21-14-17-25(26(18-21)39-2)40-32(38)20-12-15-22(33)16-13-20/h3-18,27-29H,1-2H3/t27-,28-,29-/m1/s1. The molecule has 41 heavy (non-hydrogen) atoms. The van der Waals surface area contributed by atoms with Crippen molar-refractivity contribution in [3.05, 3.63) is 120 Å². The molecule has 0 aliphatic carbocycles. The Morgan fingerprint density at radius 2 is 1.56 bits per heavy atom. The average Bonchev–Trinajstić information content (AvgIpc) is 3.50. The Morgan fingerprint density at radius 3 is 2.27 bits per heavy atom. The fourth-order valence-electron chi connectivity index (χ4n) is 5.30. The third-order valence-electron chi connectivity index (χ3n) is 7.29. The molecule has 206 valence electrons.